The first-order valence-electron chi connectivity index (χ1n) is 8.95. The van der Waals surface area contributed by atoms with Crippen molar-refractivity contribution in [1.82, 2.24) is 10.3 Å². The van der Waals surface area contributed by atoms with E-state index < -0.39 is 0 Å². The van der Waals surface area contributed by atoms with E-state index in [0.717, 1.165) is 24.8 Å². The van der Waals surface area contributed by atoms with Crippen LogP contribution in [0.15, 0.2) is 30.9 Å². The predicted molar refractivity (Wildman–Crippen MR) is 98.1 cm³/mol. The fourth-order valence-corrected chi connectivity index (χ4v) is 4.77. The highest BCUT2D eigenvalue weighted by molar-refractivity contribution is 5.90. The molecule has 0 bridgehead atoms. The van der Waals surface area contributed by atoms with Gasteiger partial charge in [-0.25, -0.2) is 0 Å². The van der Waals surface area contributed by atoms with Gasteiger partial charge in [-0.15, -0.1) is 6.58 Å². The molecule has 0 unspecified atom stereocenters. The van der Waals surface area contributed by atoms with Gasteiger partial charge in [0, 0.05) is 34.0 Å². The van der Waals surface area contributed by atoms with Gasteiger partial charge in [-0.2, -0.15) is 0 Å². The number of H-pyrrole nitrogens is 1. The molecule has 1 aliphatic carbocycles. The Morgan fingerprint density at radius 3 is 2.78 bits per heavy atom. The van der Waals surface area contributed by atoms with E-state index in [-0.39, 0.29) is 5.41 Å². The smallest absolute Gasteiger partial charge is 0.0462 e. The van der Waals surface area contributed by atoms with Crippen molar-refractivity contribution in [2.75, 3.05) is 6.54 Å². The molecule has 0 spiro atoms. The van der Waals surface area contributed by atoms with Crippen LogP contribution in [0, 0.1) is 11.8 Å². The number of aromatic amines is 1. The van der Waals surface area contributed by atoms with Gasteiger partial charge in [0.05, 0.1) is 0 Å². The average molecular weight is 308 g/mol. The molecule has 0 radical (unpaired) electrons. The number of piperidine rings is 1. The first-order chi connectivity index (χ1) is 10.9. The molecule has 2 heteroatoms. The quantitative estimate of drug-likeness (QED) is 0.785. The van der Waals surface area contributed by atoms with Gasteiger partial charge in [-0.05, 0) is 42.0 Å². The molecular weight excluding hydrogens is 280 g/mol. The third kappa shape index (κ3) is 2.04. The van der Waals surface area contributed by atoms with Crippen LogP contribution in [0.25, 0.3) is 10.9 Å². The van der Waals surface area contributed by atoms with Crippen molar-refractivity contribution in [2.45, 2.75) is 51.5 Å². The minimum Gasteiger partial charge on any atom is -0.357 e. The highest BCUT2D eigenvalue weighted by Gasteiger charge is 2.41. The van der Waals surface area contributed by atoms with Gasteiger partial charge in [0.25, 0.3) is 0 Å². The normalized spacial score (nSPS) is 30.3. The summed E-state index contributed by atoms with van der Waals surface area (Å²) in [4.78, 5) is 3.72. The van der Waals surface area contributed by atoms with Crippen molar-refractivity contribution >= 4 is 10.9 Å². The summed E-state index contributed by atoms with van der Waals surface area (Å²) in [6, 6.07) is 7.37. The van der Waals surface area contributed by atoms with Gasteiger partial charge in [-0.1, -0.05) is 45.9 Å². The molecule has 122 valence electrons. The monoisotopic (exact) mass is 308 g/mol. The van der Waals surface area contributed by atoms with Crippen molar-refractivity contribution in [3.8, 4) is 0 Å². The zero-order valence-corrected chi connectivity index (χ0v) is 14.7. The maximum Gasteiger partial charge on any atom is 0.0462 e. The molecule has 1 aromatic carbocycles. The Bertz CT molecular complexity index is 767. The summed E-state index contributed by atoms with van der Waals surface area (Å²) in [7, 11) is 0. The summed E-state index contributed by atoms with van der Waals surface area (Å²) < 4.78 is 0. The largest absolute Gasteiger partial charge is 0.357 e. The van der Waals surface area contributed by atoms with Gasteiger partial charge >= 0.3 is 0 Å². The second-order valence-corrected chi connectivity index (χ2v) is 8.26. The lowest BCUT2D eigenvalue weighted by Crippen LogP contribution is -2.50. The molecule has 0 saturated carbocycles. The summed E-state index contributed by atoms with van der Waals surface area (Å²) in [5.41, 5.74) is 5.68. The van der Waals surface area contributed by atoms with Gasteiger partial charge in [0.1, 0.15) is 0 Å². The first kappa shape index (κ1) is 15.0. The Morgan fingerprint density at radius 1 is 1.26 bits per heavy atom. The number of fused-ring (bicyclic) bond motifs is 2. The van der Waals surface area contributed by atoms with E-state index in [4.69, 9.17) is 0 Å². The standard InChI is InChI=1S/C21H28N2/c1-6-21(4,5)20-15-10-17-18(13(3)12(2)11-22-17)14-8-7-9-16(23-20)19(14)15/h6-9,12-13,17-18,22-23H,1,10-11H2,2-5H3/t12-,13+,17+,18-/m0/s1. The van der Waals surface area contributed by atoms with E-state index in [2.05, 4.69) is 68.8 Å². The lowest BCUT2D eigenvalue weighted by molar-refractivity contribution is 0.198. The Morgan fingerprint density at radius 2 is 2.04 bits per heavy atom. The molecule has 1 saturated heterocycles. The van der Waals surface area contributed by atoms with E-state index in [1.165, 1.54) is 22.2 Å². The van der Waals surface area contributed by atoms with Crippen LogP contribution in [0.4, 0.5) is 0 Å². The fraction of sp³-hybridized carbons (Fsp3) is 0.524. The number of nitrogens with one attached hydrogen (secondary N) is 2. The number of hydrogen-bond donors (Lipinski definition) is 2. The number of hydrogen-bond acceptors (Lipinski definition) is 1. The maximum atomic E-state index is 4.06. The summed E-state index contributed by atoms with van der Waals surface area (Å²) in [6.45, 7) is 14.5. The summed E-state index contributed by atoms with van der Waals surface area (Å²) in [5.74, 6) is 2.09. The Balaban J connectivity index is 1.97. The van der Waals surface area contributed by atoms with Crippen LogP contribution in [0.1, 0.15) is 50.4 Å². The van der Waals surface area contributed by atoms with Crippen molar-refractivity contribution in [1.29, 1.82) is 0 Å². The minimum absolute atomic E-state index is 0.0218. The predicted octanol–water partition coefficient (Wildman–Crippen LogP) is 4.52. The third-order valence-electron chi connectivity index (χ3n) is 6.50. The van der Waals surface area contributed by atoms with Crippen LogP contribution in [-0.2, 0) is 11.8 Å². The Hall–Kier alpha value is -1.54. The Labute approximate surface area is 139 Å². The second-order valence-electron chi connectivity index (χ2n) is 8.26. The van der Waals surface area contributed by atoms with E-state index in [1.54, 1.807) is 5.56 Å². The van der Waals surface area contributed by atoms with Crippen LogP contribution < -0.4 is 5.32 Å². The minimum atomic E-state index is -0.0218. The molecule has 23 heavy (non-hydrogen) atoms. The van der Waals surface area contributed by atoms with Crippen LogP contribution in [0.3, 0.4) is 0 Å². The SMILES string of the molecule is C=CC(C)(C)c1[nH]c2cccc3c2c1C[C@H]1NC[C@H](C)[C@@H](C)[C@@H]31. The van der Waals surface area contributed by atoms with Crippen LogP contribution in [-0.4, -0.2) is 17.6 Å². The molecular formula is C21H28N2. The third-order valence-corrected chi connectivity index (χ3v) is 6.50. The number of rotatable bonds is 2. The number of aromatic nitrogens is 1. The molecule has 4 rings (SSSR count). The molecule has 1 fully saturated rings. The van der Waals surface area contributed by atoms with Gasteiger partial charge in [0.2, 0.25) is 0 Å². The first-order valence-corrected chi connectivity index (χ1v) is 8.95. The topological polar surface area (TPSA) is 27.8 Å². The van der Waals surface area contributed by atoms with Crippen molar-refractivity contribution in [3.63, 3.8) is 0 Å². The van der Waals surface area contributed by atoms with Gasteiger partial charge < -0.3 is 10.3 Å². The average Bonchev–Trinajstić information content (AvgIpc) is 2.92. The van der Waals surface area contributed by atoms with Crippen molar-refractivity contribution < 1.29 is 0 Å². The molecule has 2 aliphatic rings. The highest BCUT2D eigenvalue weighted by Crippen LogP contribution is 2.47. The zero-order valence-electron chi connectivity index (χ0n) is 14.7. The van der Waals surface area contributed by atoms with Crippen LogP contribution >= 0.6 is 0 Å². The maximum absolute atomic E-state index is 4.06. The molecule has 1 aromatic heterocycles. The molecule has 2 nitrogen and oxygen atoms in total. The molecule has 2 N–H and O–H groups in total. The summed E-state index contributed by atoms with van der Waals surface area (Å²) in [6.07, 6.45) is 3.20. The molecule has 0 amide bonds. The van der Waals surface area contributed by atoms with Crippen molar-refractivity contribution in [2.24, 2.45) is 11.8 Å². The van der Waals surface area contributed by atoms with E-state index in [9.17, 15) is 0 Å². The molecule has 2 aromatic rings. The second kappa shape index (κ2) is 4.98. The lowest BCUT2D eigenvalue weighted by atomic mass is 9.67. The van der Waals surface area contributed by atoms with Crippen LogP contribution in [0.2, 0.25) is 0 Å². The van der Waals surface area contributed by atoms with E-state index >= 15 is 0 Å². The Kier molecular flexibility index (Phi) is 3.25. The van der Waals surface area contributed by atoms with Gasteiger partial charge in [-0.3, -0.25) is 0 Å². The number of allylic oxidation sites excluding steroid dienone is 1. The number of benzene rings is 1. The summed E-state index contributed by atoms with van der Waals surface area (Å²) in [5, 5.41) is 5.32. The molecule has 4 atom stereocenters. The highest BCUT2D eigenvalue weighted by atomic mass is 15.0. The lowest BCUT2D eigenvalue weighted by Gasteiger charge is -2.44. The fourth-order valence-electron chi connectivity index (χ4n) is 4.77. The van der Waals surface area contributed by atoms with E-state index in [0.29, 0.717) is 12.0 Å². The molecule has 2 heterocycles. The summed E-state index contributed by atoms with van der Waals surface area (Å²) >= 11 is 0. The van der Waals surface area contributed by atoms with Crippen LogP contribution in [0.5, 0.6) is 0 Å². The molecule has 1 aliphatic heterocycles. The zero-order chi connectivity index (χ0) is 16.4. The van der Waals surface area contributed by atoms with Crippen molar-refractivity contribution in [3.05, 3.63) is 47.7 Å². The van der Waals surface area contributed by atoms with Gasteiger partial charge in [0.15, 0.2) is 0 Å². The van der Waals surface area contributed by atoms with E-state index in [1.807, 2.05) is 0 Å².